The molecule has 0 radical (unpaired) electrons. The van der Waals surface area contributed by atoms with Gasteiger partial charge in [0, 0.05) is 30.8 Å². The molecule has 0 aliphatic carbocycles. The molecule has 1 amide bonds. The van der Waals surface area contributed by atoms with E-state index in [1.165, 1.54) is 0 Å². The number of halogens is 3. The molecule has 3 nitrogen and oxygen atoms in total. The van der Waals surface area contributed by atoms with Crippen molar-refractivity contribution in [2.45, 2.75) is 38.3 Å². The summed E-state index contributed by atoms with van der Waals surface area (Å²) in [5.41, 5.74) is -0.741. The van der Waals surface area contributed by atoms with E-state index in [4.69, 9.17) is 0 Å². The van der Waals surface area contributed by atoms with Gasteiger partial charge in [-0.3, -0.25) is 4.79 Å². The number of benzene rings is 1. The molecule has 1 saturated heterocycles. The van der Waals surface area contributed by atoms with Gasteiger partial charge in [0.25, 0.3) is 5.91 Å². The maximum Gasteiger partial charge on any atom is 0.257 e. The molecular formula is C14H17F3N2O. The molecule has 2 unspecified atom stereocenters. The van der Waals surface area contributed by atoms with Crippen molar-refractivity contribution in [2.24, 2.45) is 0 Å². The van der Waals surface area contributed by atoms with E-state index in [0.29, 0.717) is 24.7 Å². The number of carbonyl (C=O) groups is 1. The molecule has 1 aromatic rings. The average molecular weight is 286 g/mol. The van der Waals surface area contributed by atoms with Crippen LogP contribution in [0.2, 0.25) is 0 Å². The Bertz CT molecular complexity index is 484. The lowest BCUT2D eigenvalue weighted by atomic mass is 9.99. The third-order valence-electron chi connectivity index (χ3n) is 3.45. The smallest absolute Gasteiger partial charge is 0.257 e. The third kappa shape index (κ3) is 3.50. The van der Waals surface area contributed by atoms with E-state index in [-0.39, 0.29) is 6.04 Å². The van der Waals surface area contributed by atoms with Crippen LogP contribution in [0, 0.1) is 17.5 Å². The Labute approximate surface area is 115 Å². The first-order valence-corrected chi connectivity index (χ1v) is 6.66. The van der Waals surface area contributed by atoms with Crippen LogP contribution in [0.3, 0.4) is 0 Å². The second-order valence-electron chi connectivity index (χ2n) is 5.15. The minimum absolute atomic E-state index is 0.0919. The molecule has 1 heterocycles. The average Bonchev–Trinajstić information content (AvgIpc) is 2.35. The molecule has 6 heteroatoms. The summed E-state index contributed by atoms with van der Waals surface area (Å²) in [5.74, 6) is -4.28. The van der Waals surface area contributed by atoms with Crippen LogP contribution in [-0.2, 0) is 0 Å². The van der Waals surface area contributed by atoms with E-state index in [2.05, 4.69) is 10.6 Å². The number of amides is 1. The van der Waals surface area contributed by atoms with Crippen molar-refractivity contribution < 1.29 is 18.0 Å². The molecular weight excluding hydrogens is 269 g/mol. The summed E-state index contributed by atoms with van der Waals surface area (Å²) >= 11 is 0. The zero-order chi connectivity index (χ0) is 14.7. The molecule has 1 aliphatic heterocycles. The zero-order valence-electron chi connectivity index (χ0n) is 11.2. The molecule has 1 aromatic carbocycles. The molecule has 20 heavy (non-hydrogen) atoms. The number of nitrogens with one attached hydrogen (secondary N) is 2. The van der Waals surface area contributed by atoms with Crippen LogP contribution < -0.4 is 10.6 Å². The van der Waals surface area contributed by atoms with E-state index in [1.54, 1.807) is 0 Å². The molecule has 0 spiro atoms. The first kappa shape index (κ1) is 14.8. The van der Waals surface area contributed by atoms with Crippen LogP contribution in [-0.4, -0.2) is 24.5 Å². The predicted octanol–water partition coefficient (Wildman–Crippen LogP) is 2.36. The van der Waals surface area contributed by atoms with Crippen molar-refractivity contribution in [1.82, 2.24) is 10.6 Å². The summed E-state index contributed by atoms with van der Waals surface area (Å²) in [6.45, 7) is 2.34. The molecule has 2 N–H and O–H groups in total. The first-order chi connectivity index (χ1) is 9.47. The normalized spacial score (nSPS) is 22.6. The van der Waals surface area contributed by atoms with Crippen molar-refractivity contribution in [3.05, 3.63) is 35.1 Å². The van der Waals surface area contributed by atoms with E-state index in [1.807, 2.05) is 6.92 Å². The van der Waals surface area contributed by atoms with Crippen molar-refractivity contribution in [2.75, 3.05) is 6.54 Å². The maximum atomic E-state index is 13.4. The van der Waals surface area contributed by atoms with Crippen molar-refractivity contribution in [1.29, 1.82) is 0 Å². The Kier molecular flexibility index (Phi) is 4.65. The lowest BCUT2D eigenvalue weighted by Gasteiger charge is -2.28. The number of hydrogen-bond acceptors (Lipinski definition) is 2. The Balaban J connectivity index is 1.98. The fourth-order valence-electron chi connectivity index (χ4n) is 2.46. The predicted molar refractivity (Wildman–Crippen MR) is 68.9 cm³/mol. The van der Waals surface area contributed by atoms with Crippen LogP contribution in [0.15, 0.2) is 12.1 Å². The van der Waals surface area contributed by atoms with Crippen LogP contribution in [0.5, 0.6) is 0 Å². The lowest BCUT2D eigenvalue weighted by Crippen LogP contribution is -2.47. The molecule has 110 valence electrons. The highest BCUT2D eigenvalue weighted by Crippen LogP contribution is 2.15. The molecule has 1 aliphatic rings. The van der Waals surface area contributed by atoms with Gasteiger partial charge in [-0.15, -0.1) is 0 Å². The molecule has 0 bridgehead atoms. The largest absolute Gasteiger partial charge is 0.350 e. The molecule has 0 saturated carbocycles. The topological polar surface area (TPSA) is 41.1 Å². The minimum Gasteiger partial charge on any atom is -0.350 e. The first-order valence-electron chi connectivity index (χ1n) is 6.66. The second kappa shape index (κ2) is 6.26. The van der Waals surface area contributed by atoms with Gasteiger partial charge in [-0.1, -0.05) is 6.42 Å². The van der Waals surface area contributed by atoms with Crippen molar-refractivity contribution in [3.63, 3.8) is 0 Å². The third-order valence-corrected chi connectivity index (χ3v) is 3.45. The number of carbonyl (C=O) groups excluding carboxylic acids is 1. The quantitative estimate of drug-likeness (QED) is 0.895. The lowest BCUT2D eigenvalue weighted by molar-refractivity contribution is 0.0937. The maximum absolute atomic E-state index is 13.4. The summed E-state index contributed by atoms with van der Waals surface area (Å²) < 4.78 is 39.6. The second-order valence-corrected chi connectivity index (χ2v) is 5.15. The Hall–Kier alpha value is -1.56. The highest BCUT2D eigenvalue weighted by molar-refractivity contribution is 5.94. The van der Waals surface area contributed by atoms with Crippen LogP contribution >= 0.6 is 0 Å². The number of piperidine rings is 1. The Morgan fingerprint density at radius 1 is 1.30 bits per heavy atom. The van der Waals surface area contributed by atoms with E-state index >= 15 is 0 Å². The van der Waals surface area contributed by atoms with Gasteiger partial charge in [-0.2, -0.15) is 0 Å². The van der Waals surface area contributed by atoms with Gasteiger partial charge in [0.05, 0.1) is 0 Å². The summed E-state index contributed by atoms with van der Waals surface area (Å²) in [6.07, 6.45) is 3.03. The molecule has 0 aromatic heterocycles. The van der Waals surface area contributed by atoms with Gasteiger partial charge in [0.1, 0.15) is 23.0 Å². The zero-order valence-corrected chi connectivity index (χ0v) is 11.2. The van der Waals surface area contributed by atoms with Crippen LogP contribution in [0.25, 0.3) is 0 Å². The van der Waals surface area contributed by atoms with E-state index < -0.39 is 28.9 Å². The highest BCUT2D eigenvalue weighted by atomic mass is 19.1. The SMILES string of the molecule is CC1CCCC(CNC(=O)c2c(F)cc(F)cc2F)N1. The Morgan fingerprint density at radius 3 is 2.55 bits per heavy atom. The van der Waals surface area contributed by atoms with Crippen LogP contribution in [0.4, 0.5) is 13.2 Å². The molecule has 2 rings (SSSR count). The summed E-state index contributed by atoms with van der Waals surface area (Å²) in [5, 5.41) is 5.79. The monoisotopic (exact) mass is 286 g/mol. The molecule has 1 fully saturated rings. The summed E-state index contributed by atoms with van der Waals surface area (Å²) in [7, 11) is 0. The van der Waals surface area contributed by atoms with Gasteiger partial charge in [0.2, 0.25) is 0 Å². The number of hydrogen-bond donors (Lipinski definition) is 2. The van der Waals surface area contributed by atoms with Crippen molar-refractivity contribution in [3.8, 4) is 0 Å². The Morgan fingerprint density at radius 2 is 1.95 bits per heavy atom. The van der Waals surface area contributed by atoms with Gasteiger partial charge in [-0.05, 0) is 19.8 Å². The fraction of sp³-hybridized carbons (Fsp3) is 0.500. The standard InChI is InChI=1S/C14H17F3N2O/c1-8-3-2-4-10(19-8)7-18-14(20)13-11(16)5-9(15)6-12(13)17/h5-6,8,10,19H,2-4,7H2,1H3,(H,18,20). The van der Waals surface area contributed by atoms with E-state index in [9.17, 15) is 18.0 Å². The summed E-state index contributed by atoms with van der Waals surface area (Å²) in [6, 6.07) is 1.46. The summed E-state index contributed by atoms with van der Waals surface area (Å²) in [4.78, 5) is 11.8. The van der Waals surface area contributed by atoms with E-state index in [0.717, 1.165) is 19.3 Å². The van der Waals surface area contributed by atoms with Gasteiger partial charge < -0.3 is 10.6 Å². The van der Waals surface area contributed by atoms with Gasteiger partial charge >= 0.3 is 0 Å². The van der Waals surface area contributed by atoms with Crippen molar-refractivity contribution >= 4 is 5.91 Å². The van der Waals surface area contributed by atoms with Gasteiger partial charge in [-0.25, -0.2) is 13.2 Å². The van der Waals surface area contributed by atoms with Gasteiger partial charge in [0.15, 0.2) is 0 Å². The fourth-order valence-corrected chi connectivity index (χ4v) is 2.46. The van der Waals surface area contributed by atoms with Crippen LogP contribution in [0.1, 0.15) is 36.5 Å². The highest BCUT2D eigenvalue weighted by Gasteiger charge is 2.22. The number of rotatable bonds is 3. The minimum atomic E-state index is -1.19. The molecule has 2 atom stereocenters.